The summed E-state index contributed by atoms with van der Waals surface area (Å²) < 4.78 is 37.3. The minimum absolute atomic E-state index is 0.0169. The molecule has 1 aliphatic heterocycles. The number of hydrogen-bond donors (Lipinski definition) is 1. The zero-order chi connectivity index (χ0) is 27.4. The average molecular weight is 573 g/mol. The molecule has 1 fully saturated rings. The summed E-state index contributed by atoms with van der Waals surface area (Å²) in [5, 5.41) is 3.41. The first-order valence-corrected chi connectivity index (χ1v) is 14.2. The number of hydrogen-bond acceptors (Lipinski definition) is 6. The normalized spacial score (nSPS) is 16.3. The summed E-state index contributed by atoms with van der Waals surface area (Å²) in [6.45, 7) is 6.63. The van der Waals surface area contributed by atoms with Gasteiger partial charge in [0.25, 0.3) is 5.91 Å². The van der Waals surface area contributed by atoms with Gasteiger partial charge in [-0.1, -0.05) is 35.3 Å². The largest absolute Gasteiger partial charge is 0.444 e. The summed E-state index contributed by atoms with van der Waals surface area (Å²) in [7, 11) is -3.66. The number of sulfonamides is 1. The van der Waals surface area contributed by atoms with Crippen molar-refractivity contribution < 1.29 is 27.5 Å². The molecule has 3 rings (SSSR count). The highest BCUT2D eigenvalue weighted by Crippen LogP contribution is 2.29. The van der Waals surface area contributed by atoms with Crippen molar-refractivity contribution in [2.45, 2.75) is 39.0 Å². The highest BCUT2D eigenvalue weighted by molar-refractivity contribution is 7.92. The quantitative estimate of drug-likeness (QED) is 0.530. The molecule has 37 heavy (non-hydrogen) atoms. The molecule has 2 amide bonds. The minimum atomic E-state index is -3.66. The van der Waals surface area contributed by atoms with Crippen LogP contribution in [0.2, 0.25) is 10.0 Å². The van der Waals surface area contributed by atoms with E-state index >= 15 is 0 Å². The molecule has 202 valence electrons. The number of nitrogens with zero attached hydrogens (tertiary/aromatic N) is 2. The van der Waals surface area contributed by atoms with Crippen LogP contribution in [0, 0.1) is 0 Å². The van der Waals surface area contributed by atoms with Crippen molar-refractivity contribution in [1.82, 2.24) is 10.2 Å². The Morgan fingerprint density at radius 3 is 2.46 bits per heavy atom. The van der Waals surface area contributed by atoms with E-state index < -0.39 is 21.7 Å². The predicted molar refractivity (Wildman–Crippen MR) is 144 cm³/mol. The molecule has 12 heteroatoms. The molecular weight excluding hydrogens is 541 g/mol. The Kier molecular flexibility index (Phi) is 9.33. The van der Waals surface area contributed by atoms with Crippen LogP contribution in [-0.4, -0.2) is 69.5 Å². The number of ether oxygens (including phenoxy) is 2. The van der Waals surface area contributed by atoms with E-state index in [0.29, 0.717) is 41.5 Å². The van der Waals surface area contributed by atoms with Gasteiger partial charge in [0.15, 0.2) is 0 Å². The number of amides is 2. The Morgan fingerprint density at radius 1 is 1.16 bits per heavy atom. The van der Waals surface area contributed by atoms with Crippen LogP contribution in [0.15, 0.2) is 42.5 Å². The third-order valence-corrected chi connectivity index (χ3v) is 7.44. The Balaban J connectivity index is 1.63. The molecule has 1 N–H and O–H groups in total. The van der Waals surface area contributed by atoms with E-state index in [1.807, 2.05) is 0 Å². The van der Waals surface area contributed by atoms with Crippen LogP contribution in [0.4, 0.5) is 10.5 Å². The number of carbonyl (C=O) groups excluding carboxylic acids is 2. The number of morpholine rings is 1. The number of rotatable bonds is 7. The Bertz CT molecular complexity index is 1230. The van der Waals surface area contributed by atoms with Gasteiger partial charge in [-0.25, -0.2) is 13.2 Å². The van der Waals surface area contributed by atoms with E-state index in [0.717, 1.165) is 6.26 Å². The highest BCUT2D eigenvalue weighted by atomic mass is 35.5. The fourth-order valence-corrected chi connectivity index (χ4v) is 4.91. The molecule has 1 saturated heterocycles. The molecule has 0 aliphatic carbocycles. The molecule has 0 bridgehead atoms. The van der Waals surface area contributed by atoms with E-state index in [4.69, 9.17) is 32.7 Å². The summed E-state index contributed by atoms with van der Waals surface area (Å²) in [6, 6.07) is 11.2. The maximum Gasteiger partial charge on any atom is 0.410 e. The summed E-state index contributed by atoms with van der Waals surface area (Å²) in [6.07, 6.45) is 0.293. The standard InChI is InChI=1S/C25H31Cl2N3O6S/c1-25(2,3)36-24(32)29-12-13-35-20(16-29)14-28-23(31)17-8-10-19(11-9-17)30(37(4,33)34)15-18-6-5-7-21(26)22(18)27/h5-11,20H,12-16H2,1-4H3,(H,28,31). The molecule has 2 aromatic carbocycles. The smallest absolute Gasteiger partial charge is 0.410 e. The van der Waals surface area contributed by atoms with E-state index in [-0.39, 0.29) is 30.1 Å². The minimum Gasteiger partial charge on any atom is -0.444 e. The first-order valence-electron chi connectivity index (χ1n) is 11.6. The van der Waals surface area contributed by atoms with Gasteiger partial charge in [0.1, 0.15) is 5.60 Å². The van der Waals surface area contributed by atoms with Crippen molar-refractivity contribution in [3.63, 3.8) is 0 Å². The second kappa shape index (κ2) is 11.9. The Morgan fingerprint density at radius 2 is 1.84 bits per heavy atom. The lowest BCUT2D eigenvalue weighted by Crippen LogP contribution is -2.50. The van der Waals surface area contributed by atoms with E-state index in [1.165, 1.54) is 16.4 Å². The average Bonchev–Trinajstić information content (AvgIpc) is 2.82. The van der Waals surface area contributed by atoms with Crippen LogP contribution < -0.4 is 9.62 Å². The summed E-state index contributed by atoms with van der Waals surface area (Å²) in [4.78, 5) is 26.6. The van der Waals surface area contributed by atoms with Gasteiger partial charge >= 0.3 is 6.09 Å². The van der Waals surface area contributed by atoms with Gasteiger partial charge in [-0.2, -0.15) is 0 Å². The number of benzene rings is 2. The monoisotopic (exact) mass is 571 g/mol. The van der Waals surface area contributed by atoms with Gasteiger partial charge in [-0.05, 0) is 56.7 Å². The topological polar surface area (TPSA) is 105 Å². The maximum atomic E-state index is 12.7. The molecule has 1 unspecified atom stereocenters. The zero-order valence-corrected chi connectivity index (χ0v) is 23.5. The number of nitrogens with one attached hydrogen (secondary N) is 1. The zero-order valence-electron chi connectivity index (χ0n) is 21.2. The lowest BCUT2D eigenvalue weighted by molar-refractivity contribution is -0.0404. The van der Waals surface area contributed by atoms with E-state index in [9.17, 15) is 18.0 Å². The van der Waals surface area contributed by atoms with Gasteiger partial charge in [0, 0.05) is 18.7 Å². The molecule has 2 aromatic rings. The molecule has 9 nitrogen and oxygen atoms in total. The van der Waals surface area contributed by atoms with Crippen molar-refractivity contribution >= 4 is 50.9 Å². The molecule has 0 spiro atoms. The fraction of sp³-hybridized carbons (Fsp3) is 0.440. The first-order chi connectivity index (χ1) is 17.2. The van der Waals surface area contributed by atoms with Gasteiger partial charge in [-0.3, -0.25) is 9.10 Å². The predicted octanol–water partition coefficient (Wildman–Crippen LogP) is 4.33. The first kappa shape index (κ1) is 29.0. The van der Waals surface area contributed by atoms with Gasteiger partial charge in [-0.15, -0.1) is 0 Å². The molecular formula is C25H31Cl2N3O6S. The van der Waals surface area contributed by atoms with Crippen molar-refractivity contribution in [3.8, 4) is 0 Å². The summed E-state index contributed by atoms with van der Waals surface area (Å²) in [5.74, 6) is -0.353. The lowest BCUT2D eigenvalue weighted by atomic mass is 10.1. The molecule has 0 radical (unpaired) electrons. The van der Waals surface area contributed by atoms with Crippen molar-refractivity contribution in [1.29, 1.82) is 0 Å². The molecule has 0 saturated carbocycles. The van der Waals surface area contributed by atoms with Crippen LogP contribution in [0.5, 0.6) is 0 Å². The number of halogens is 2. The number of anilines is 1. The van der Waals surface area contributed by atoms with Crippen LogP contribution >= 0.6 is 23.2 Å². The Labute approximate surface area is 227 Å². The van der Waals surface area contributed by atoms with Crippen LogP contribution in [0.1, 0.15) is 36.7 Å². The van der Waals surface area contributed by atoms with Gasteiger partial charge < -0.3 is 19.7 Å². The molecule has 0 aromatic heterocycles. The van der Waals surface area contributed by atoms with Gasteiger partial charge in [0.05, 0.1) is 47.8 Å². The third-order valence-electron chi connectivity index (χ3n) is 5.44. The molecule has 1 heterocycles. The Hall–Kier alpha value is -2.53. The van der Waals surface area contributed by atoms with E-state index in [1.54, 1.807) is 56.0 Å². The lowest BCUT2D eigenvalue weighted by Gasteiger charge is -2.34. The second-order valence-electron chi connectivity index (χ2n) is 9.66. The van der Waals surface area contributed by atoms with Crippen molar-refractivity contribution in [2.24, 2.45) is 0 Å². The van der Waals surface area contributed by atoms with Crippen LogP contribution in [0.25, 0.3) is 0 Å². The maximum absolute atomic E-state index is 12.7. The van der Waals surface area contributed by atoms with Crippen molar-refractivity contribution in [3.05, 3.63) is 63.6 Å². The summed E-state index contributed by atoms with van der Waals surface area (Å²) in [5.41, 5.74) is 0.670. The van der Waals surface area contributed by atoms with Crippen molar-refractivity contribution in [2.75, 3.05) is 36.8 Å². The second-order valence-corrected chi connectivity index (χ2v) is 12.4. The number of carbonyl (C=O) groups is 2. The SMILES string of the molecule is CC(C)(C)OC(=O)N1CCOC(CNC(=O)c2ccc(N(Cc3cccc(Cl)c3Cl)S(C)(=O)=O)cc2)C1. The fourth-order valence-electron chi connectivity index (χ4n) is 3.65. The molecule has 1 atom stereocenters. The van der Waals surface area contributed by atoms with Crippen LogP contribution in [0.3, 0.4) is 0 Å². The van der Waals surface area contributed by atoms with E-state index in [2.05, 4.69) is 5.32 Å². The third kappa shape index (κ3) is 8.23. The van der Waals surface area contributed by atoms with Crippen LogP contribution in [-0.2, 0) is 26.0 Å². The molecule has 1 aliphatic rings. The summed E-state index contributed by atoms with van der Waals surface area (Å²) >= 11 is 12.3. The van der Waals surface area contributed by atoms with Gasteiger partial charge in [0.2, 0.25) is 10.0 Å². The highest BCUT2D eigenvalue weighted by Gasteiger charge is 2.28.